The predicted molar refractivity (Wildman–Crippen MR) is 70.4 cm³/mol. The van der Waals surface area contributed by atoms with Gasteiger partial charge in [0.15, 0.2) is 0 Å². The van der Waals surface area contributed by atoms with Crippen molar-refractivity contribution in [2.75, 3.05) is 30.8 Å². The Balaban J connectivity index is 2.99. The van der Waals surface area contributed by atoms with Crippen LogP contribution >= 0.6 is 0 Å². The van der Waals surface area contributed by atoms with Crippen LogP contribution in [0.4, 0.5) is 11.4 Å². The van der Waals surface area contributed by atoms with Gasteiger partial charge in [-0.1, -0.05) is 0 Å². The van der Waals surface area contributed by atoms with Crippen LogP contribution in [-0.2, 0) is 0 Å². The second kappa shape index (κ2) is 6.83. The summed E-state index contributed by atoms with van der Waals surface area (Å²) >= 11 is 0. The first-order valence-corrected chi connectivity index (χ1v) is 5.78. The Labute approximate surface area is 106 Å². The summed E-state index contributed by atoms with van der Waals surface area (Å²) in [5.41, 5.74) is 7.09. The molecule has 0 saturated carbocycles. The van der Waals surface area contributed by atoms with Crippen LogP contribution in [0.3, 0.4) is 0 Å². The number of benzene rings is 1. The van der Waals surface area contributed by atoms with Gasteiger partial charge >= 0.3 is 0 Å². The van der Waals surface area contributed by atoms with Gasteiger partial charge in [0.25, 0.3) is 5.91 Å². The number of anilines is 2. The van der Waals surface area contributed by atoms with E-state index >= 15 is 0 Å². The van der Waals surface area contributed by atoms with Crippen LogP contribution in [0.5, 0.6) is 0 Å². The summed E-state index contributed by atoms with van der Waals surface area (Å²) in [5.74, 6) is -0.227. The van der Waals surface area contributed by atoms with E-state index in [1.165, 1.54) is 0 Å². The van der Waals surface area contributed by atoms with E-state index in [2.05, 4.69) is 10.6 Å². The van der Waals surface area contributed by atoms with Crippen LogP contribution in [0.25, 0.3) is 0 Å². The van der Waals surface area contributed by atoms with Crippen LogP contribution in [-0.4, -0.2) is 41.9 Å². The third-order valence-corrected chi connectivity index (χ3v) is 2.43. The summed E-state index contributed by atoms with van der Waals surface area (Å²) in [5, 5.41) is 23.6. The number of hydrogen-bond acceptors (Lipinski definition) is 5. The Morgan fingerprint density at radius 2 is 2.06 bits per heavy atom. The third kappa shape index (κ3) is 3.61. The van der Waals surface area contributed by atoms with Gasteiger partial charge in [0.05, 0.1) is 24.8 Å². The van der Waals surface area contributed by atoms with Crippen molar-refractivity contribution < 1.29 is 15.0 Å². The molecule has 1 aromatic rings. The molecule has 1 amide bonds. The highest BCUT2D eigenvalue weighted by atomic mass is 16.3. The van der Waals surface area contributed by atoms with E-state index in [4.69, 9.17) is 15.9 Å². The average Bonchev–Trinajstić information content (AvgIpc) is 2.36. The van der Waals surface area contributed by atoms with Crippen LogP contribution in [0.2, 0.25) is 0 Å². The lowest BCUT2D eigenvalue weighted by atomic mass is 10.1. The molecule has 0 spiro atoms. The van der Waals surface area contributed by atoms with E-state index in [0.717, 1.165) is 0 Å². The minimum atomic E-state index is -0.528. The van der Waals surface area contributed by atoms with Gasteiger partial charge in [-0.15, -0.1) is 0 Å². The molecule has 6 nitrogen and oxygen atoms in total. The number of carbonyl (C=O) groups excluding carboxylic acids is 1. The Bertz CT molecular complexity index is 406. The summed E-state index contributed by atoms with van der Waals surface area (Å²) in [6.07, 6.45) is 0. The van der Waals surface area contributed by atoms with Crippen molar-refractivity contribution >= 4 is 17.3 Å². The van der Waals surface area contributed by atoms with Crippen molar-refractivity contribution in [3.8, 4) is 0 Å². The number of nitrogens with one attached hydrogen (secondary N) is 2. The number of nitrogens with two attached hydrogens (primary N) is 1. The molecule has 6 heteroatoms. The Morgan fingerprint density at radius 3 is 2.61 bits per heavy atom. The summed E-state index contributed by atoms with van der Waals surface area (Å²) in [6, 6.07) is 4.31. The Kier molecular flexibility index (Phi) is 5.41. The fourth-order valence-corrected chi connectivity index (χ4v) is 1.50. The number of hydrogen-bond donors (Lipinski definition) is 5. The summed E-state index contributed by atoms with van der Waals surface area (Å²) in [6.45, 7) is 1.87. The molecule has 0 saturated heterocycles. The zero-order chi connectivity index (χ0) is 13.5. The minimum absolute atomic E-state index is 0.227. The number of rotatable bonds is 6. The second-order valence-electron chi connectivity index (χ2n) is 3.87. The van der Waals surface area contributed by atoms with E-state index in [1.807, 2.05) is 6.92 Å². The minimum Gasteiger partial charge on any atom is -0.399 e. The number of amides is 1. The van der Waals surface area contributed by atoms with Crippen LogP contribution < -0.4 is 16.4 Å². The number of aliphatic hydroxyl groups is 2. The monoisotopic (exact) mass is 253 g/mol. The quantitative estimate of drug-likeness (QED) is 0.451. The molecule has 0 aromatic heterocycles. The van der Waals surface area contributed by atoms with Crippen LogP contribution in [0.15, 0.2) is 18.2 Å². The lowest BCUT2D eigenvalue weighted by Gasteiger charge is -2.18. The summed E-state index contributed by atoms with van der Waals surface area (Å²) < 4.78 is 0. The lowest BCUT2D eigenvalue weighted by molar-refractivity contribution is 0.0956. The van der Waals surface area contributed by atoms with E-state index in [0.29, 0.717) is 23.5 Å². The topological polar surface area (TPSA) is 108 Å². The average molecular weight is 253 g/mol. The highest BCUT2D eigenvalue weighted by molar-refractivity contribution is 6.00. The Morgan fingerprint density at radius 1 is 1.39 bits per heavy atom. The smallest absolute Gasteiger partial charge is 0.253 e. The highest BCUT2D eigenvalue weighted by Crippen LogP contribution is 2.20. The molecule has 0 aliphatic carbocycles. The fraction of sp³-hybridized carbons (Fsp3) is 0.417. The maximum atomic E-state index is 11.8. The first-order chi connectivity index (χ1) is 8.62. The first-order valence-electron chi connectivity index (χ1n) is 5.78. The molecule has 0 bridgehead atoms. The molecule has 0 radical (unpaired) electrons. The van der Waals surface area contributed by atoms with E-state index < -0.39 is 6.04 Å². The van der Waals surface area contributed by atoms with E-state index in [-0.39, 0.29) is 19.1 Å². The van der Waals surface area contributed by atoms with Crippen molar-refractivity contribution in [1.29, 1.82) is 0 Å². The standard InChI is InChI=1S/C12H19N3O3/c1-2-14-12(18)10-4-3-8(13)5-11(10)15-9(6-16)7-17/h3-5,9,15-17H,2,6-7,13H2,1H3,(H,14,18). The van der Waals surface area contributed by atoms with E-state index in [1.54, 1.807) is 18.2 Å². The molecule has 0 aliphatic heterocycles. The molecule has 0 atom stereocenters. The van der Waals surface area contributed by atoms with Gasteiger partial charge in [-0.25, -0.2) is 0 Å². The summed E-state index contributed by atoms with van der Waals surface area (Å²) in [4.78, 5) is 11.8. The number of aliphatic hydroxyl groups excluding tert-OH is 2. The van der Waals surface area contributed by atoms with Gasteiger partial charge in [0.1, 0.15) is 0 Å². The molecule has 0 unspecified atom stereocenters. The predicted octanol–water partition coefficient (Wildman–Crippen LogP) is -0.216. The molecule has 1 aromatic carbocycles. The maximum absolute atomic E-state index is 11.8. The van der Waals surface area contributed by atoms with Crippen LogP contribution in [0.1, 0.15) is 17.3 Å². The molecule has 18 heavy (non-hydrogen) atoms. The molecule has 0 fully saturated rings. The normalized spacial score (nSPS) is 10.4. The zero-order valence-corrected chi connectivity index (χ0v) is 10.3. The molecular weight excluding hydrogens is 234 g/mol. The number of carbonyl (C=O) groups is 1. The van der Waals surface area contributed by atoms with Gasteiger partial charge in [-0.2, -0.15) is 0 Å². The molecule has 1 rings (SSSR count). The Hall–Kier alpha value is -1.79. The van der Waals surface area contributed by atoms with Gasteiger partial charge < -0.3 is 26.6 Å². The van der Waals surface area contributed by atoms with Crippen molar-refractivity contribution in [2.24, 2.45) is 0 Å². The molecular formula is C12H19N3O3. The van der Waals surface area contributed by atoms with Gasteiger partial charge in [0, 0.05) is 17.9 Å². The first kappa shape index (κ1) is 14.3. The third-order valence-electron chi connectivity index (χ3n) is 2.43. The van der Waals surface area contributed by atoms with Crippen molar-refractivity contribution in [2.45, 2.75) is 13.0 Å². The molecule has 0 heterocycles. The van der Waals surface area contributed by atoms with Crippen molar-refractivity contribution in [3.05, 3.63) is 23.8 Å². The van der Waals surface area contributed by atoms with Gasteiger partial charge in [-0.05, 0) is 25.1 Å². The van der Waals surface area contributed by atoms with Gasteiger partial charge in [0.2, 0.25) is 0 Å². The second-order valence-corrected chi connectivity index (χ2v) is 3.87. The number of nitrogen functional groups attached to an aromatic ring is 1. The lowest BCUT2D eigenvalue weighted by Crippen LogP contribution is -2.30. The largest absolute Gasteiger partial charge is 0.399 e. The van der Waals surface area contributed by atoms with Gasteiger partial charge in [-0.3, -0.25) is 4.79 Å². The molecule has 0 aliphatic rings. The SMILES string of the molecule is CCNC(=O)c1ccc(N)cc1NC(CO)CO. The van der Waals surface area contributed by atoms with Crippen molar-refractivity contribution in [1.82, 2.24) is 5.32 Å². The highest BCUT2D eigenvalue weighted by Gasteiger charge is 2.14. The summed E-state index contributed by atoms with van der Waals surface area (Å²) in [7, 11) is 0. The fourth-order valence-electron chi connectivity index (χ4n) is 1.50. The molecule has 100 valence electrons. The van der Waals surface area contributed by atoms with Crippen LogP contribution in [0, 0.1) is 0 Å². The zero-order valence-electron chi connectivity index (χ0n) is 10.3. The molecule has 6 N–H and O–H groups in total. The maximum Gasteiger partial charge on any atom is 0.253 e. The van der Waals surface area contributed by atoms with Crippen molar-refractivity contribution in [3.63, 3.8) is 0 Å². The van der Waals surface area contributed by atoms with E-state index in [9.17, 15) is 4.79 Å².